The second kappa shape index (κ2) is 9.74. The van der Waals surface area contributed by atoms with Crippen LogP contribution in [-0.4, -0.2) is 62.4 Å². The molecule has 0 saturated heterocycles. The topological polar surface area (TPSA) is 129 Å². The van der Waals surface area contributed by atoms with Crippen molar-refractivity contribution < 1.29 is 23.6 Å². The Bertz CT molecular complexity index is 1080. The molecule has 10 nitrogen and oxygen atoms in total. The Labute approximate surface area is 190 Å². The molecule has 0 aromatic carbocycles. The van der Waals surface area contributed by atoms with Gasteiger partial charge in [0.05, 0.1) is 18.3 Å². The molecule has 33 heavy (non-hydrogen) atoms. The van der Waals surface area contributed by atoms with Crippen LogP contribution in [0.5, 0.6) is 0 Å². The van der Waals surface area contributed by atoms with Crippen LogP contribution >= 0.6 is 0 Å². The Balaban J connectivity index is 1.94. The number of aromatic nitrogens is 1. The summed E-state index contributed by atoms with van der Waals surface area (Å²) in [5.74, 6) is 4.14. The fraction of sp³-hybridized carbons (Fsp3) is 0.318. The van der Waals surface area contributed by atoms with Gasteiger partial charge < -0.3 is 15.1 Å². The minimum absolute atomic E-state index is 0.0769. The smallest absolute Gasteiger partial charge is 0.273 e. The fourth-order valence-electron chi connectivity index (χ4n) is 3.49. The molecule has 0 spiro atoms. The van der Waals surface area contributed by atoms with Gasteiger partial charge in [0.25, 0.3) is 11.8 Å². The quantitative estimate of drug-likeness (QED) is 0.357. The number of halogens is 1. The summed E-state index contributed by atoms with van der Waals surface area (Å²) in [5, 5.41) is 3.43. The molecule has 0 radical (unpaired) electrons. The van der Waals surface area contributed by atoms with Gasteiger partial charge in [-0.1, -0.05) is 6.08 Å². The summed E-state index contributed by atoms with van der Waals surface area (Å²) in [6.45, 7) is 4.77. The normalized spacial score (nSPS) is 17.6. The van der Waals surface area contributed by atoms with E-state index in [0.717, 1.165) is 17.3 Å². The molecular formula is C22H25FN6O4. The highest BCUT2D eigenvalue weighted by Crippen LogP contribution is 2.33. The number of nitrogens with two attached hydrogens (primary N) is 1. The first-order valence-corrected chi connectivity index (χ1v) is 10.3. The lowest BCUT2D eigenvalue weighted by atomic mass is 10.1. The van der Waals surface area contributed by atoms with E-state index in [1.165, 1.54) is 28.9 Å². The van der Waals surface area contributed by atoms with E-state index >= 15 is 0 Å². The van der Waals surface area contributed by atoms with E-state index in [0.29, 0.717) is 0 Å². The van der Waals surface area contributed by atoms with Crippen molar-refractivity contribution >= 4 is 29.3 Å². The molecule has 2 aliphatic heterocycles. The summed E-state index contributed by atoms with van der Waals surface area (Å²) in [6.07, 6.45) is 5.69. The predicted octanol–water partition coefficient (Wildman–Crippen LogP) is 1.06. The monoisotopic (exact) mass is 456 g/mol. The summed E-state index contributed by atoms with van der Waals surface area (Å²) in [7, 11) is 0. The van der Waals surface area contributed by atoms with E-state index in [9.17, 15) is 23.6 Å². The number of allylic oxidation sites excluding steroid dienone is 3. The number of hydrogen-bond acceptors (Lipinski definition) is 7. The van der Waals surface area contributed by atoms with Crippen LogP contribution in [0.1, 0.15) is 27.2 Å². The molecule has 0 aliphatic carbocycles. The molecular weight excluding hydrogens is 431 g/mol. The third kappa shape index (κ3) is 5.14. The number of pyridine rings is 1. The lowest BCUT2D eigenvalue weighted by Crippen LogP contribution is -2.51. The average Bonchev–Trinajstić information content (AvgIpc) is 3.10. The first kappa shape index (κ1) is 23.8. The van der Waals surface area contributed by atoms with Gasteiger partial charge in [0, 0.05) is 6.04 Å². The maximum Gasteiger partial charge on any atom is 0.273 e. The number of ketones is 1. The highest BCUT2D eigenvalue weighted by atomic mass is 19.1. The zero-order valence-corrected chi connectivity index (χ0v) is 18.5. The number of carbonyl (C=O) groups excluding carboxylic acids is 4. The molecule has 0 saturated carbocycles. The van der Waals surface area contributed by atoms with Gasteiger partial charge in [-0.25, -0.2) is 20.2 Å². The molecule has 0 unspecified atom stereocenters. The van der Waals surface area contributed by atoms with Crippen molar-refractivity contribution in [3.05, 3.63) is 59.5 Å². The van der Waals surface area contributed by atoms with Crippen LogP contribution in [0.25, 0.3) is 0 Å². The van der Waals surface area contributed by atoms with Gasteiger partial charge >= 0.3 is 0 Å². The number of amides is 3. The first-order valence-electron chi connectivity index (χ1n) is 10.3. The van der Waals surface area contributed by atoms with E-state index in [2.05, 4.69) is 10.3 Å². The first-order chi connectivity index (χ1) is 15.6. The molecule has 0 bridgehead atoms. The standard InChI is InChI=1S/C22H25FN6O4/c1-13(2)27-11-16-20(22(27)33)28(12-18(31)26-17-9-8-15(23)10-25-17)19(29(24)21(16)32)7-5-4-6-14(3)30/h4,6-10,13H,5,11-12,24H2,1-3H3,(H,25,26,31)/b6-4+,19-7-. The summed E-state index contributed by atoms with van der Waals surface area (Å²) in [5.41, 5.74) is 0.278. The molecule has 3 amide bonds. The lowest BCUT2D eigenvalue weighted by Gasteiger charge is -2.36. The van der Waals surface area contributed by atoms with Crippen LogP contribution in [0.2, 0.25) is 0 Å². The zero-order valence-electron chi connectivity index (χ0n) is 18.5. The number of carbonyl (C=O) groups is 4. The summed E-state index contributed by atoms with van der Waals surface area (Å²) in [4.78, 5) is 56.6. The zero-order chi connectivity index (χ0) is 24.3. The van der Waals surface area contributed by atoms with Gasteiger partial charge in [0.1, 0.15) is 29.7 Å². The number of hydrogen-bond donors (Lipinski definition) is 2. The van der Waals surface area contributed by atoms with Crippen LogP contribution in [0, 0.1) is 5.82 Å². The van der Waals surface area contributed by atoms with Crippen LogP contribution < -0.4 is 11.2 Å². The number of hydrazine groups is 1. The SMILES string of the molecule is CC(=O)/C=C/C/C=C1\N(N)C(=O)C2=C(C(=O)N(C(C)C)C2)N1CC(=O)Nc1ccc(F)cn1. The van der Waals surface area contributed by atoms with E-state index in [1.54, 1.807) is 12.2 Å². The summed E-state index contributed by atoms with van der Waals surface area (Å²) >= 11 is 0. The largest absolute Gasteiger partial charge is 0.330 e. The minimum Gasteiger partial charge on any atom is -0.330 e. The number of rotatable bonds is 7. The Morgan fingerprint density at radius 1 is 1.27 bits per heavy atom. The molecule has 1 aromatic heterocycles. The summed E-state index contributed by atoms with van der Waals surface area (Å²) in [6, 6.07) is 2.28. The van der Waals surface area contributed by atoms with Crippen molar-refractivity contribution in [1.29, 1.82) is 0 Å². The molecule has 3 N–H and O–H groups in total. The van der Waals surface area contributed by atoms with Gasteiger partial charge in [-0.2, -0.15) is 0 Å². The van der Waals surface area contributed by atoms with Gasteiger partial charge in [-0.05, 0) is 51.5 Å². The lowest BCUT2D eigenvalue weighted by molar-refractivity contribution is -0.131. The van der Waals surface area contributed by atoms with E-state index in [1.807, 2.05) is 13.8 Å². The number of nitrogens with one attached hydrogen (secondary N) is 1. The second-order valence-electron chi connectivity index (χ2n) is 7.84. The maximum absolute atomic E-state index is 13.1. The maximum atomic E-state index is 13.1. The molecule has 3 rings (SSSR count). The third-order valence-electron chi connectivity index (χ3n) is 5.06. The molecule has 3 heterocycles. The van der Waals surface area contributed by atoms with Gasteiger partial charge in [0.15, 0.2) is 5.78 Å². The predicted molar refractivity (Wildman–Crippen MR) is 117 cm³/mol. The van der Waals surface area contributed by atoms with Crippen molar-refractivity contribution in [2.45, 2.75) is 33.2 Å². The second-order valence-corrected chi connectivity index (χ2v) is 7.84. The Morgan fingerprint density at radius 2 is 2.00 bits per heavy atom. The Kier molecular flexibility index (Phi) is 7.02. The number of anilines is 1. The minimum atomic E-state index is -0.551. The van der Waals surface area contributed by atoms with E-state index in [4.69, 9.17) is 5.84 Å². The van der Waals surface area contributed by atoms with Crippen molar-refractivity contribution in [3.63, 3.8) is 0 Å². The van der Waals surface area contributed by atoms with Gasteiger partial charge in [-0.3, -0.25) is 19.2 Å². The van der Waals surface area contributed by atoms with Crippen molar-refractivity contribution in [1.82, 2.24) is 19.8 Å². The molecule has 0 atom stereocenters. The van der Waals surface area contributed by atoms with Gasteiger partial charge in [0.2, 0.25) is 5.91 Å². The Hall–Kier alpha value is -3.86. The third-order valence-corrected chi connectivity index (χ3v) is 5.06. The number of nitrogens with zero attached hydrogens (tertiary/aromatic N) is 4. The Morgan fingerprint density at radius 3 is 2.61 bits per heavy atom. The van der Waals surface area contributed by atoms with Crippen molar-refractivity contribution in [2.24, 2.45) is 5.84 Å². The molecule has 174 valence electrons. The van der Waals surface area contributed by atoms with E-state index in [-0.39, 0.29) is 60.2 Å². The van der Waals surface area contributed by atoms with Crippen LogP contribution in [-0.2, 0) is 19.2 Å². The molecule has 11 heteroatoms. The van der Waals surface area contributed by atoms with Crippen LogP contribution in [0.15, 0.2) is 53.6 Å². The van der Waals surface area contributed by atoms with Crippen LogP contribution in [0.4, 0.5) is 10.2 Å². The highest BCUT2D eigenvalue weighted by molar-refractivity contribution is 6.10. The average molecular weight is 456 g/mol. The van der Waals surface area contributed by atoms with Crippen LogP contribution in [0.3, 0.4) is 0 Å². The van der Waals surface area contributed by atoms with Crippen molar-refractivity contribution in [2.75, 3.05) is 18.4 Å². The molecule has 2 aliphatic rings. The van der Waals surface area contributed by atoms with E-state index < -0.39 is 17.6 Å². The van der Waals surface area contributed by atoms with Gasteiger partial charge in [-0.15, -0.1) is 0 Å². The molecule has 0 fully saturated rings. The highest BCUT2D eigenvalue weighted by Gasteiger charge is 2.45. The van der Waals surface area contributed by atoms with Crippen molar-refractivity contribution in [3.8, 4) is 0 Å². The molecule has 1 aromatic rings. The fourth-order valence-corrected chi connectivity index (χ4v) is 3.49. The summed E-state index contributed by atoms with van der Waals surface area (Å²) < 4.78 is 13.1.